The number of carboxylic acids is 1. The van der Waals surface area contributed by atoms with E-state index in [-0.39, 0.29) is 0 Å². The predicted molar refractivity (Wildman–Crippen MR) is 78.7 cm³/mol. The average Bonchev–Trinajstić information content (AvgIpc) is 2.42. The molecule has 98 valence electrons. The lowest BCUT2D eigenvalue weighted by molar-refractivity contribution is -0.138. The van der Waals surface area contributed by atoms with Crippen molar-refractivity contribution in [2.75, 3.05) is 5.75 Å². The van der Waals surface area contributed by atoms with Crippen LogP contribution in [0.1, 0.15) is 17.0 Å². The molecule has 3 heteroatoms. The van der Waals surface area contributed by atoms with E-state index in [9.17, 15) is 9.90 Å². The van der Waals surface area contributed by atoms with Gasteiger partial charge in [-0.05, 0) is 24.1 Å². The smallest absolute Gasteiger partial charge is 0.311 e. The van der Waals surface area contributed by atoms with Gasteiger partial charge in [0.25, 0.3) is 0 Å². The summed E-state index contributed by atoms with van der Waals surface area (Å²) in [6, 6.07) is 17.4. The first kappa shape index (κ1) is 13.7. The van der Waals surface area contributed by atoms with Gasteiger partial charge >= 0.3 is 5.97 Å². The quantitative estimate of drug-likeness (QED) is 0.837. The molecular weight excluding hydrogens is 256 g/mol. The van der Waals surface area contributed by atoms with Crippen LogP contribution in [-0.4, -0.2) is 16.8 Å². The SMILES string of the molecule is Cc1ccccc1SCC(C(=O)O)c1ccccc1. The largest absolute Gasteiger partial charge is 0.481 e. The Morgan fingerprint density at radius 1 is 1.11 bits per heavy atom. The van der Waals surface area contributed by atoms with E-state index >= 15 is 0 Å². The van der Waals surface area contributed by atoms with Crippen LogP contribution in [0.15, 0.2) is 59.5 Å². The van der Waals surface area contributed by atoms with E-state index in [0.717, 1.165) is 10.5 Å². The molecule has 0 aromatic heterocycles. The van der Waals surface area contributed by atoms with Gasteiger partial charge in [0.1, 0.15) is 0 Å². The first-order valence-corrected chi connectivity index (χ1v) is 7.13. The molecule has 2 aromatic rings. The number of benzene rings is 2. The minimum Gasteiger partial charge on any atom is -0.481 e. The van der Waals surface area contributed by atoms with Crippen molar-refractivity contribution in [2.24, 2.45) is 0 Å². The standard InChI is InChI=1S/C16H16O2S/c1-12-7-5-6-10-15(12)19-11-14(16(17)18)13-8-3-2-4-9-13/h2-10,14H,11H2,1H3,(H,17,18). The van der Waals surface area contributed by atoms with Crippen molar-refractivity contribution in [2.45, 2.75) is 17.7 Å². The van der Waals surface area contributed by atoms with Crippen molar-refractivity contribution < 1.29 is 9.90 Å². The van der Waals surface area contributed by atoms with E-state index in [1.54, 1.807) is 11.8 Å². The van der Waals surface area contributed by atoms with Crippen LogP contribution in [0, 0.1) is 6.92 Å². The third kappa shape index (κ3) is 3.61. The zero-order valence-electron chi connectivity index (χ0n) is 10.7. The number of hydrogen-bond donors (Lipinski definition) is 1. The normalized spacial score (nSPS) is 12.1. The zero-order valence-corrected chi connectivity index (χ0v) is 11.6. The van der Waals surface area contributed by atoms with Crippen molar-refractivity contribution in [3.63, 3.8) is 0 Å². The maximum atomic E-state index is 11.4. The highest BCUT2D eigenvalue weighted by atomic mass is 32.2. The summed E-state index contributed by atoms with van der Waals surface area (Å²) < 4.78 is 0. The maximum Gasteiger partial charge on any atom is 0.311 e. The molecule has 19 heavy (non-hydrogen) atoms. The minimum atomic E-state index is -0.771. The molecule has 0 aliphatic rings. The summed E-state index contributed by atoms with van der Waals surface area (Å²) in [7, 11) is 0. The van der Waals surface area contributed by atoms with Crippen LogP contribution in [-0.2, 0) is 4.79 Å². The third-order valence-corrected chi connectivity index (χ3v) is 4.27. The van der Waals surface area contributed by atoms with Gasteiger partial charge in [0.15, 0.2) is 0 Å². The molecule has 0 aliphatic heterocycles. The van der Waals surface area contributed by atoms with Crippen LogP contribution >= 0.6 is 11.8 Å². The number of carbonyl (C=O) groups is 1. The molecule has 0 saturated heterocycles. The van der Waals surface area contributed by atoms with E-state index in [0.29, 0.717) is 5.75 Å². The number of carboxylic acid groups (broad SMARTS) is 1. The topological polar surface area (TPSA) is 37.3 Å². The summed E-state index contributed by atoms with van der Waals surface area (Å²) in [4.78, 5) is 12.5. The molecule has 0 fully saturated rings. The molecule has 1 unspecified atom stereocenters. The Kier molecular flexibility index (Phi) is 4.63. The highest BCUT2D eigenvalue weighted by Crippen LogP contribution is 2.28. The molecule has 0 spiro atoms. The molecule has 0 heterocycles. The fourth-order valence-electron chi connectivity index (χ4n) is 1.89. The maximum absolute atomic E-state index is 11.4. The second kappa shape index (κ2) is 6.43. The molecule has 2 nitrogen and oxygen atoms in total. The molecular formula is C16H16O2S. The Morgan fingerprint density at radius 2 is 1.74 bits per heavy atom. The van der Waals surface area contributed by atoms with Crippen molar-refractivity contribution in [1.29, 1.82) is 0 Å². The van der Waals surface area contributed by atoms with Gasteiger partial charge in [-0.15, -0.1) is 11.8 Å². The van der Waals surface area contributed by atoms with Crippen LogP contribution in [0.5, 0.6) is 0 Å². The van der Waals surface area contributed by atoms with E-state index in [1.165, 1.54) is 5.56 Å². The first-order valence-electron chi connectivity index (χ1n) is 6.14. The lowest BCUT2D eigenvalue weighted by Gasteiger charge is -2.13. The Bertz CT molecular complexity index is 552. The Hall–Kier alpha value is -1.74. The third-order valence-electron chi connectivity index (χ3n) is 3.00. The van der Waals surface area contributed by atoms with Gasteiger partial charge < -0.3 is 5.11 Å². The summed E-state index contributed by atoms with van der Waals surface area (Å²) in [5.41, 5.74) is 2.04. The van der Waals surface area contributed by atoms with Crippen LogP contribution in [0.4, 0.5) is 0 Å². The molecule has 0 radical (unpaired) electrons. The van der Waals surface area contributed by atoms with Gasteiger partial charge in [0, 0.05) is 10.6 Å². The van der Waals surface area contributed by atoms with Gasteiger partial charge in [0.2, 0.25) is 0 Å². The van der Waals surface area contributed by atoms with E-state index in [2.05, 4.69) is 0 Å². The van der Waals surface area contributed by atoms with Crippen LogP contribution in [0.2, 0.25) is 0 Å². The van der Waals surface area contributed by atoms with Gasteiger partial charge in [-0.2, -0.15) is 0 Å². The molecule has 0 saturated carbocycles. The summed E-state index contributed by atoms with van der Waals surface area (Å²) in [5, 5.41) is 9.36. The van der Waals surface area contributed by atoms with Crippen molar-refractivity contribution >= 4 is 17.7 Å². The number of hydrogen-bond acceptors (Lipinski definition) is 2. The Morgan fingerprint density at radius 3 is 2.37 bits per heavy atom. The van der Waals surface area contributed by atoms with Crippen LogP contribution in [0.25, 0.3) is 0 Å². The summed E-state index contributed by atoms with van der Waals surface area (Å²) in [6.07, 6.45) is 0. The van der Waals surface area contributed by atoms with E-state index < -0.39 is 11.9 Å². The summed E-state index contributed by atoms with van der Waals surface area (Å²) in [5.74, 6) is -0.692. The lowest BCUT2D eigenvalue weighted by atomic mass is 10.0. The van der Waals surface area contributed by atoms with Crippen LogP contribution in [0.3, 0.4) is 0 Å². The monoisotopic (exact) mass is 272 g/mol. The van der Waals surface area contributed by atoms with Gasteiger partial charge in [-0.1, -0.05) is 48.5 Å². The summed E-state index contributed by atoms with van der Waals surface area (Å²) in [6.45, 7) is 2.04. The highest BCUT2D eigenvalue weighted by Gasteiger charge is 2.19. The number of aliphatic carboxylic acids is 1. The average molecular weight is 272 g/mol. The molecule has 0 bridgehead atoms. The van der Waals surface area contributed by atoms with E-state index in [1.807, 2.05) is 61.5 Å². The first-order chi connectivity index (χ1) is 9.18. The molecule has 0 amide bonds. The fraction of sp³-hybridized carbons (Fsp3) is 0.188. The summed E-state index contributed by atoms with van der Waals surface area (Å²) >= 11 is 1.60. The second-order valence-electron chi connectivity index (χ2n) is 4.38. The fourth-order valence-corrected chi connectivity index (χ4v) is 3.04. The number of aryl methyl sites for hydroxylation is 1. The van der Waals surface area contributed by atoms with Gasteiger partial charge in [0.05, 0.1) is 5.92 Å². The van der Waals surface area contributed by atoms with E-state index in [4.69, 9.17) is 0 Å². The van der Waals surface area contributed by atoms with Crippen LogP contribution < -0.4 is 0 Å². The minimum absolute atomic E-state index is 0.467. The predicted octanol–water partition coefficient (Wildman–Crippen LogP) is 3.96. The van der Waals surface area contributed by atoms with Gasteiger partial charge in [-0.3, -0.25) is 4.79 Å². The van der Waals surface area contributed by atoms with Gasteiger partial charge in [-0.25, -0.2) is 0 Å². The molecule has 0 aliphatic carbocycles. The zero-order chi connectivity index (χ0) is 13.7. The lowest BCUT2D eigenvalue weighted by Crippen LogP contribution is -2.14. The second-order valence-corrected chi connectivity index (χ2v) is 5.44. The molecule has 1 atom stereocenters. The highest BCUT2D eigenvalue weighted by molar-refractivity contribution is 7.99. The van der Waals surface area contributed by atoms with Crippen molar-refractivity contribution in [3.05, 3.63) is 65.7 Å². The molecule has 1 N–H and O–H groups in total. The number of thioether (sulfide) groups is 1. The Labute approximate surface area is 117 Å². The molecule has 2 aromatic carbocycles. The Balaban J connectivity index is 2.11. The number of rotatable bonds is 5. The van der Waals surface area contributed by atoms with Crippen molar-refractivity contribution in [1.82, 2.24) is 0 Å². The molecule has 2 rings (SSSR count). The van der Waals surface area contributed by atoms with Crippen molar-refractivity contribution in [3.8, 4) is 0 Å².